The van der Waals surface area contributed by atoms with Gasteiger partial charge < -0.3 is 15.4 Å². The van der Waals surface area contributed by atoms with Gasteiger partial charge in [-0.05, 0) is 74.2 Å². The molecule has 1 aliphatic rings. The van der Waals surface area contributed by atoms with E-state index in [1.165, 1.54) is 23.1 Å². The van der Waals surface area contributed by atoms with Crippen molar-refractivity contribution in [1.82, 2.24) is 10.3 Å². The number of hydrogen-bond donors (Lipinski definition) is 2. The Morgan fingerprint density at radius 3 is 2.46 bits per heavy atom. The van der Waals surface area contributed by atoms with Crippen LogP contribution in [0.25, 0.3) is 0 Å². The number of hydrogen-bond acceptors (Lipinski definition) is 5. The molecule has 0 saturated heterocycles. The third-order valence-electron chi connectivity index (χ3n) is 7.05. The lowest BCUT2D eigenvalue weighted by Crippen LogP contribution is -2.47. The Morgan fingerprint density at radius 2 is 1.78 bits per heavy atom. The molecule has 0 bridgehead atoms. The maximum atomic E-state index is 14.4. The second-order valence-corrected chi connectivity index (χ2v) is 10.1. The number of nitrogens with one attached hydrogen (secondary N) is 2. The Balaban J connectivity index is 1.59. The molecule has 1 aromatic heterocycles. The van der Waals surface area contributed by atoms with Crippen LogP contribution in [0.1, 0.15) is 69.9 Å². The molecule has 1 fully saturated rings. The predicted octanol–water partition coefficient (Wildman–Crippen LogP) is 5.95. The van der Waals surface area contributed by atoms with Crippen LogP contribution in [-0.2, 0) is 14.4 Å². The summed E-state index contributed by atoms with van der Waals surface area (Å²) in [6.45, 7) is 2.38. The molecule has 0 radical (unpaired) electrons. The minimum Gasteiger partial charge on any atom is -0.494 e. The molecule has 0 unspecified atom stereocenters. The summed E-state index contributed by atoms with van der Waals surface area (Å²) in [5, 5.41) is 5.86. The van der Waals surface area contributed by atoms with E-state index in [0.29, 0.717) is 23.7 Å². The standard InChI is InChI=1S/C32H37FN4O4/c1-2-41-27-19-17-23(18-20-27)31(32(40)35-25-11-4-3-5-12-25)37(26-13-8-10-24(33)22-26)30(39)16-9-15-29(38)36-28-14-6-7-21-34-28/h6-8,10,13-14,17-22,25,31H,2-5,9,11-12,15-16H2,1H3,(H,35,40)(H,34,36,38)/t31-/m0/s1. The second kappa shape index (κ2) is 14.9. The number of pyridine rings is 1. The maximum Gasteiger partial charge on any atom is 0.248 e. The molecule has 8 nitrogen and oxygen atoms in total. The molecule has 0 aliphatic heterocycles. The molecule has 9 heteroatoms. The van der Waals surface area contributed by atoms with Crippen molar-refractivity contribution in [3.8, 4) is 5.75 Å². The van der Waals surface area contributed by atoms with Crippen LogP contribution in [0.2, 0.25) is 0 Å². The van der Waals surface area contributed by atoms with Gasteiger partial charge in [-0.15, -0.1) is 0 Å². The molecule has 1 aliphatic carbocycles. The number of carbonyl (C=O) groups is 3. The molecule has 1 saturated carbocycles. The zero-order chi connectivity index (χ0) is 29.0. The van der Waals surface area contributed by atoms with Crippen molar-refractivity contribution in [3.05, 3.63) is 84.3 Å². The summed E-state index contributed by atoms with van der Waals surface area (Å²) in [5.74, 6) is -0.434. The molecule has 2 N–H and O–H groups in total. The van der Waals surface area contributed by atoms with Crippen LogP contribution in [0, 0.1) is 5.82 Å². The zero-order valence-corrected chi connectivity index (χ0v) is 23.4. The van der Waals surface area contributed by atoms with E-state index in [1.807, 2.05) is 6.92 Å². The predicted molar refractivity (Wildman–Crippen MR) is 156 cm³/mol. The number of amides is 3. The second-order valence-electron chi connectivity index (χ2n) is 10.1. The van der Waals surface area contributed by atoms with Crippen LogP contribution < -0.4 is 20.3 Å². The number of carbonyl (C=O) groups excluding carboxylic acids is 3. The van der Waals surface area contributed by atoms with Gasteiger partial charge in [-0.2, -0.15) is 0 Å². The highest BCUT2D eigenvalue weighted by molar-refractivity contribution is 6.01. The molecule has 1 heterocycles. The van der Waals surface area contributed by atoms with E-state index in [2.05, 4.69) is 15.6 Å². The van der Waals surface area contributed by atoms with E-state index in [0.717, 1.165) is 32.1 Å². The Hall–Kier alpha value is -4.27. The summed E-state index contributed by atoms with van der Waals surface area (Å²) in [5.41, 5.74) is 0.845. The average Bonchev–Trinajstić information content (AvgIpc) is 2.97. The van der Waals surface area contributed by atoms with Gasteiger partial charge in [0.05, 0.1) is 6.61 Å². The largest absolute Gasteiger partial charge is 0.494 e. The van der Waals surface area contributed by atoms with Crippen LogP contribution in [0.5, 0.6) is 5.75 Å². The average molecular weight is 561 g/mol. The lowest BCUT2D eigenvalue weighted by molar-refractivity contribution is -0.127. The van der Waals surface area contributed by atoms with E-state index in [9.17, 15) is 18.8 Å². The molecule has 2 aromatic carbocycles. The SMILES string of the molecule is CCOc1ccc([C@@H](C(=O)NC2CCCCC2)N(C(=O)CCCC(=O)Nc2ccccn2)c2cccc(F)c2)cc1. The van der Waals surface area contributed by atoms with Crippen molar-refractivity contribution in [3.63, 3.8) is 0 Å². The monoisotopic (exact) mass is 560 g/mol. The van der Waals surface area contributed by atoms with E-state index in [-0.39, 0.29) is 48.7 Å². The summed E-state index contributed by atoms with van der Waals surface area (Å²) in [7, 11) is 0. The number of benzene rings is 2. The fraction of sp³-hybridized carbons (Fsp3) is 0.375. The van der Waals surface area contributed by atoms with Gasteiger partial charge in [0.1, 0.15) is 23.4 Å². The molecule has 4 rings (SSSR count). The van der Waals surface area contributed by atoms with Crippen molar-refractivity contribution in [1.29, 1.82) is 0 Å². The summed E-state index contributed by atoms with van der Waals surface area (Å²) in [4.78, 5) is 45.6. The van der Waals surface area contributed by atoms with E-state index in [4.69, 9.17) is 4.74 Å². The number of aromatic nitrogens is 1. The minimum atomic E-state index is -1.04. The summed E-state index contributed by atoms with van der Waals surface area (Å²) in [6.07, 6.45) is 6.84. The topological polar surface area (TPSA) is 101 Å². The highest BCUT2D eigenvalue weighted by atomic mass is 19.1. The first-order chi connectivity index (χ1) is 19.9. The molecule has 0 spiro atoms. The van der Waals surface area contributed by atoms with Gasteiger partial charge in [-0.25, -0.2) is 9.37 Å². The molecule has 41 heavy (non-hydrogen) atoms. The highest BCUT2D eigenvalue weighted by Crippen LogP contribution is 2.31. The normalized spacial score (nSPS) is 14.1. The summed E-state index contributed by atoms with van der Waals surface area (Å²) < 4.78 is 20.0. The fourth-order valence-electron chi connectivity index (χ4n) is 5.08. The van der Waals surface area contributed by atoms with Crippen molar-refractivity contribution < 1.29 is 23.5 Å². The van der Waals surface area contributed by atoms with Gasteiger partial charge >= 0.3 is 0 Å². The van der Waals surface area contributed by atoms with Gasteiger partial charge in [0, 0.05) is 30.8 Å². The van der Waals surface area contributed by atoms with Crippen LogP contribution in [0.3, 0.4) is 0 Å². The molecule has 3 aromatic rings. The maximum absolute atomic E-state index is 14.4. The number of rotatable bonds is 12. The lowest BCUT2D eigenvalue weighted by Gasteiger charge is -2.33. The first-order valence-corrected chi connectivity index (χ1v) is 14.3. The van der Waals surface area contributed by atoms with Gasteiger partial charge in [0.25, 0.3) is 0 Å². The van der Waals surface area contributed by atoms with Gasteiger partial charge in [-0.1, -0.05) is 43.5 Å². The Bertz CT molecular complexity index is 1300. The third-order valence-corrected chi connectivity index (χ3v) is 7.05. The van der Waals surface area contributed by atoms with Crippen LogP contribution in [0.4, 0.5) is 15.9 Å². The smallest absolute Gasteiger partial charge is 0.248 e. The van der Waals surface area contributed by atoms with Crippen LogP contribution >= 0.6 is 0 Å². The number of nitrogens with zero attached hydrogens (tertiary/aromatic N) is 2. The number of ether oxygens (including phenoxy) is 1. The van der Waals surface area contributed by atoms with E-state index < -0.39 is 11.9 Å². The molecule has 3 amide bonds. The zero-order valence-electron chi connectivity index (χ0n) is 23.4. The minimum absolute atomic E-state index is 0.0150. The van der Waals surface area contributed by atoms with Gasteiger partial charge in [0.2, 0.25) is 17.7 Å². The molecule has 216 valence electrons. The van der Waals surface area contributed by atoms with Crippen molar-refractivity contribution >= 4 is 29.2 Å². The van der Waals surface area contributed by atoms with Crippen molar-refractivity contribution in [2.24, 2.45) is 0 Å². The highest BCUT2D eigenvalue weighted by Gasteiger charge is 2.34. The summed E-state index contributed by atoms with van der Waals surface area (Å²) in [6, 6.07) is 16.9. The quantitative estimate of drug-likeness (QED) is 0.285. The molecular formula is C32H37FN4O4. The number of halogens is 1. The number of anilines is 2. The van der Waals surface area contributed by atoms with Crippen molar-refractivity contribution in [2.45, 2.75) is 70.4 Å². The Morgan fingerprint density at radius 1 is 1.00 bits per heavy atom. The van der Waals surface area contributed by atoms with E-state index >= 15 is 0 Å². The molecule has 1 atom stereocenters. The van der Waals surface area contributed by atoms with Gasteiger partial charge in [0.15, 0.2) is 0 Å². The Kier molecular flexibility index (Phi) is 10.8. The summed E-state index contributed by atoms with van der Waals surface area (Å²) >= 11 is 0. The molecular weight excluding hydrogens is 523 g/mol. The van der Waals surface area contributed by atoms with Gasteiger partial charge in [-0.3, -0.25) is 19.3 Å². The van der Waals surface area contributed by atoms with Crippen molar-refractivity contribution in [2.75, 3.05) is 16.8 Å². The first-order valence-electron chi connectivity index (χ1n) is 14.3. The lowest BCUT2D eigenvalue weighted by atomic mass is 9.94. The Labute approximate surface area is 240 Å². The third kappa shape index (κ3) is 8.61. The van der Waals surface area contributed by atoms with E-state index in [1.54, 1.807) is 54.7 Å². The van der Waals surface area contributed by atoms with Crippen LogP contribution in [-0.4, -0.2) is 35.4 Å². The first kappa shape index (κ1) is 29.7. The fourth-order valence-corrected chi connectivity index (χ4v) is 5.08. The van der Waals surface area contributed by atoms with Crippen LogP contribution in [0.15, 0.2) is 72.9 Å².